The first kappa shape index (κ1) is 22.7. The van der Waals surface area contributed by atoms with Gasteiger partial charge in [-0.05, 0) is 70.4 Å². The fourth-order valence-electron chi connectivity index (χ4n) is 3.98. The molecular weight excluding hydrogens is 376 g/mol. The predicted octanol–water partition coefficient (Wildman–Crippen LogP) is 4.81. The Balaban J connectivity index is 1.51. The van der Waals surface area contributed by atoms with Crippen molar-refractivity contribution in [3.05, 3.63) is 35.4 Å². The quantitative estimate of drug-likeness (QED) is 0.558. The van der Waals surface area contributed by atoms with Gasteiger partial charge in [0.2, 0.25) is 0 Å². The van der Waals surface area contributed by atoms with E-state index in [-0.39, 0.29) is 12.0 Å². The van der Waals surface area contributed by atoms with Crippen LogP contribution >= 0.6 is 0 Å². The van der Waals surface area contributed by atoms with Gasteiger partial charge >= 0.3 is 0 Å². The molecule has 5 heteroatoms. The number of rotatable bonds is 10. The summed E-state index contributed by atoms with van der Waals surface area (Å²) in [6.07, 6.45) is 9.01. The number of nitrogens with one attached hydrogen (secondary N) is 1. The van der Waals surface area contributed by atoms with Crippen LogP contribution in [0.15, 0.2) is 29.8 Å². The van der Waals surface area contributed by atoms with Crippen LogP contribution in [-0.4, -0.2) is 49.7 Å². The Morgan fingerprint density at radius 1 is 1.23 bits per heavy atom. The molecule has 30 heavy (non-hydrogen) atoms. The highest BCUT2D eigenvalue weighted by molar-refractivity contribution is 5.97. The average Bonchev–Trinajstić information content (AvgIpc) is 3.53. The van der Waals surface area contributed by atoms with Crippen molar-refractivity contribution in [2.45, 2.75) is 71.4 Å². The lowest BCUT2D eigenvalue weighted by Gasteiger charge is -2.34. The highest BCUT2D eigenvalue weighted by Crippen LogP contribution is 2.29. The van der Waals surface area contributed by atoms with Gasteiger partial charge in [0.25, 0.3) is 5.91 Å². The van der Waals surface area contributed by atoms with Crippen LogP contribution in [0.2, 0.25) is 0 Å². The monoisotopic (exact) mass is 414 g/mol. The number of benzene rings is 1. The van der Waals surface area contributed by atoms with Crippen LogP contribution in [0.25, 0.3) is 0 Å². The Bertz CT molecular complexity index is 730. The number of nitrogens with zero attached hydrogens (tertiary/aromatic N) is 1. The zero-order chi connectivity index (χ0) is 21.5. The molecule has 5 nitrogen and oxygen atoms in total. The van der Waals surface area contributed by atoms with Gasteiger partial charge in [0.15, 0.2) is 0 Å². The molecule has 1 unspecified atom stereocenters. The van der Waals surface area contributed by atoms with Gasteiger partial charge in [-0.15, -0.1) is 0 Å². The van der Waals surface area contributed by atoms with Crippen LogP contribution < -0.4 is 14.8 Å². The molecule has 1 saturated carbocycles. The highest BCUT2D eigenvalue weighted by atomic mass is 16.5. The van der Waals surface area contributed by atoms with Crippen LogP contribution in [0.5, 0.6) is 11.5 Å². The molecule has 1 saturated heterocycles. The van der Waals surface area contributed by atoms with Crippen molar-refractivity contribution in [3.63, 3.8) is 0 Å². The lowest BCUT2D eigenvalue weighted by molar-refractivity contribution is 0.0866. The van der Waals surface area contributed by atoms with E-state index < -0.39 is 0 Å². The van der Waals surface area contributed by atoms with Gasteiger partial charge in [0.1, 0.15) is 17.6 Å². The molecule has 1 N–H and O–H groups in total. The lowest BCUT2D eigenvalue weighted by atomic mass is 10.0. The first-order chi connectivity index (χ1) is 14.4. The van der Waals surface area contributed by atoms with Crippen molar-refractivity contribution in [2.75, 3.05) is 26.7 Å². The first-order valence-corrected chi connectivity index (χ1v) is 11.5. The fourth-order valence-corrected chi connectivity index (χ4v) is 3.98. The summed E-state index contributed by atoms with van der Waals surface area (Å²) in [7, 11) is 1.64. The van der Waals surface area contributed by atoms with E-state index in [2.05, 4.69) is 37.1 Å². The maximum atomic E-state index is 12.6. The van der Waals surface area contributed by atoms with Crippen molar-refractivity contribution < 1.29 is 14.3 Å². The van der Waals surface area contributed by atoms with E-state index in [0.717, 1.165) is 51.1 Å². The minimum atomic E-state index is -0.0437. The second kappa shape index (κ2) is 10.9. The Labute approximate surface area is 181 Å². The average molecular weight is 415 g/mol. The van der Waals surface area contributed by atoms with Gasteiger partial charge in [-0.2, -0.15) is 0 Å². The number of likely N-dealkylation sites (tertiary alicyclic amines) is 1. The summed E-state index contributed by atoms with van der Waals surface area (Å²) < 4.78 is 11.7. The first-order valence-electron chi connectivity index (χ1n) is 11.5. The van der Waals surface area contributed by atoms with Crippen LogP contribution in [0.1, 0.15) is 69.7 Å². The van der Waals surface area contributed by atoms with Gasteiger partial charge in [-0.1, -0.05) is 18.6 Å². The molecule has 0 spiro atoms. The number of hydrogen-bond donors (Lipinski definition) is 1. The normalized spacial score (nSPS) is 18.5. The van der Waals surface area contributed by atoms with E-state index in [1.165, 1.54) is 18.4 Å². The molecule has 3 rings (SSSR count). The maximum absolute atomic E-state index is 12.6. The van der Waals surface area contributed by atoms with Crippen LogP contribution in [0.4, 0.5) is 0 Å². The van der Waals surface area contributed by atoms with Crippen molar-refractivity contribution in [1.29, 1.82) is 0 Å². The second-order valence-electron chi connectivity index (χ2n) is 9.19. The maximum Gasteiger partial charge on any atom is 0.255 e. The molecule has 1 heterocycles. The van der Waals surface area contributed by atoms with Crippen molar-refractivity contribution >= 4 is 5.91 Å². The van der Waals surface area contributed by atoms with Crippen LogP contribution in [-0.2, 0) is 0 Å². The zero-order valence-electron chi connectivity index (χ0n) is 19.1. The SMILES string of the molecule is COc1ccc(C(=O)NC2CC2)c(OC2CCN(CC(C)CCC=C(C)C)CC2)c1. The topological polar surface area (TPSA) is 50.8 Å². The van der Waals surface area contributed by atoms with E-state index in [1.54, 1.807) is 7.11 Å². The van der Waals surface area contributed by atoms with Gasteiger partial charge in [-0.3, -0.25) is 4.79 Å². The Morgan fingerprint density at radius 2 is 1.97 bits per heavy atom. The lowest BCUT2D eigenvalue weighted by Crippen LogP contribution is -2.40. The molecule has 1 atom stereocenters. The standard InChI is InChI=1S/C25H38N2O3/c1-18(2)6-5-7-19(3)17-27-14-12-21(13-15-27)30-24-16-22(29-4)10-11-23(24)25(28)26-20-8-9-20/h6,10-11,16,19-21H,5,7-9,12-15,17H2,1-4H3,(H,26,28). The molecule has 0 bridgehead atoms. The molecule has 1 amide bonds. The number of amides is 1. The Hall–Kier alpha value is -2.01. The molecule has 0 aromatic heterocycles. The summed E-state index contributed by atoms with van der Waals surface area (Å²) in [6.45, 7) is 9.92. The van der Waals surface area contributed by atoms with Crippen LogP contribution in [0.3, 0.4) is 0 Å². The van der Waals surface area contributed by atoms with Gasteiger partial charge < -0.3 is 19.7 Å². The van der Waals surface area contributed by atoms with Gasteiger partial charge in [0, 0.05) is 31.7 Å². The summed E-state index contributed by atoms with van der Waals surface area (Å²) in [5, 5.41) is 3.07. The molecule has 1 aromatic carbocycles. The summed E-state index contributed by atoms with van der Waals surface area (Å²) >= 11 is 0. The number of methoxy groups -OCH3 is 1. The number of piperidine rings is 1. The third-order valence-electron chi connectivity index (χ3n) is 5.96. The molecule has 2 aliphatic rings. The van der Waals surface area contributed by atoms with E-state index in [1.807, 2.05) is 18.2 Å². The molecular formula is C25H38N2O3. The summed E-state index contributed by atoms with van der Waals surface area (Å²) in [5.74, 6) is 2.02. The fraction of sp³-hybridized carbons (Fsp3) is 0.640. The zero-order valence-corrected chi connectivity index (χ0v) is 19.1. The number of carbonyl (C=O) groups is 1. The summed E-state index contributed by atoms with van der Waals surface area (Å²) in [4.78, 5) is 15.2. The van der Waals surface area contributed by atoms with E-state index >= 15 is 0 Å². The number of allylic oxidation sites excluding steroid dienone is 2. The third-order valence-corrected chi connectivity index (χ3v) is 5.96. The Morgan fingerprint density at radius 3 is 2.60 bits per heavy atom. The third kappa shape index (κ3) is 7.05. The summed E-state index contributed by atoms with van der Waals surface area (Å²) in [6, 6.07) is 5.82. The van der Waals surface area contributed by atoms with Gasteiger partial charge in [-0.25, -0.2) is 0 Å². The van der Waals surface area contributed by atoms with Crippen LogP contribution in [0, 0.1) is 5.92 Å². The van der Waals surface area contributed by atoms with Gasteiger partial charge in [0.05, 0.1) is 12.7 Å². The minimum Gasteiger partial charge on any atom is -0.497 e. The second-order valence-corrected chi connectivity index (χ2v) is 9.19. The molecule has 1 aliphatic carbocycles. The van der Waals surface area contributed by atoms with E-state index in [0.29, 0.717) is 23.3 Å². The van der Waals surface area contributed by atoms with Crippen molar-refractivity contribution in [3.8, 4) is 11.5 Å². The van der Waals surface area contributed by atoms with Crippen molar-refractivity contribution in [1.82, 2.24) is 10.2 Å². The number of hydrogen-bond acceptors (Lipinski definition) is 4. The molecule has 0 radical (unpaired) electrons. The smallest absolute Gasteiger partial charge is 0.255 e. The largest absolute Gasteiger partial charge is 0.497 e. The molecule has 1 aliphatic heterocycles. The highest BCUT2D eigenvalue weighted by Gasteiger charge is 2.27. The number of ether oxygens (including phenoxy) is 2. The summed E-state index contributed by atoms with van der Waals surface area (Å²) in [5.41, 5.74) is 2.01. The molecule has 166 valence electrons. The number of carbonyl (C=O) groups excluding carboxylic acids is 1. The van der Waals surface area contributed by atoms with E-state index in [9.17, 15) is 4.79 Å². The predicted molar refractivity (Wildman–Crippen MR) is 121 cm³/mol. The molecule has 2 fully saturated rings. The van der Waals surface area contributed by atoms with Crippen molar-refractivity contribution in [2.24, 2.45) is 5.92 Å². The Kier molecular flexibility index (Phi) is 8.20. The minimum absolute atomic E-state index is 0.0437. The molecule has 1 aromatic rings. The van der Waals surface area contributed by atoms with E-state index in [4.69, 9.17) is 9.47 Å².